The molecule has 0 saturated carbocycles. The third-order valence-electron chi connectivity index (χ3n) is 2.92. The molecule has 0 aliphatic carbocycles. The quantitative estimate of drug-likeness (QED) is 0.861. The standard InChI is InChI=1S/C15H12BrFN2/c1-9-4-3-5-11(8-18)15(9)19-14-7-12(16)13(17)6-10(14)2/h3-7,19H,1-2H3. The summed E-state index contributed by atoms with van der Waals surface area (Å²) in [6, 6.07) is 10.8. The van der Waals surface area contributed by atoms with Crippen molar-refractivity contribution in [2.45, 2.75) is 13.8 Å². The van der Waals surface area contributed by atoms with Gasteiger partial charge in [-0.05, 0) is 59.1 Å². The van der Waals surface area contributed by atoms with Gasteiger partial charge in [0, 0.05) is 5.69 Å². The predicted octanol–water partition coefficient (Wildman–Crippen LogP) is 4.82. The van der Waals surface area contributed by atoms with Gasteiger partial charge in [0.15, 0.2) is 0 Å². The van der Waals surface area contributed by atoms with Gasteiger partial charge >= 0.3 is 0 Å². The third kappa shape index (κ3) is 2.77. The van der Waals surface area contributed by atoms with E-state index in [1.165, 1.54) is 6.07 Å². The summed E-state index contributed by atoms with van der Waals surface area (Å²) >= 11 is 3.17. The van der Waals surface area contributed by atoms with Crippen LogP contribution < -0.4 is 5.32 Å². The number of nitriles is 1. The zero-order valence-corrected chi connectivity index (χ0v) is 12.2. The molecule has 0 amide bonds. The van der Waals surface area contributed by atoms with E-state index in [0.717, 1.165) is 22.5 Å². The summed E-state index contributed by atoms with van der Waals surface area (Å²) in [7, 11) is 0. The highest BCUT2D eigenvalue weighted by atomic mass is 79.9. The van der Waals surface area contributed by atoms with Crippen LogP contribution in [-0.4, -0.2) is 0 Å². The Morgan fingerprint density at radius 3 is 2.63 bits per heavy atom. The van der Waals surface area contributed by atoms with E-state index in [1.54, 1.807) is 12.1 Å². The predicted molar refractivity (Wildman–Crippen MR) is 78.0 cm³/mol. The van der Waals surface area contributed by atoms with Gasteiger partial charge in [0.25, 0.3) is 0 Å². The Balaban J connectivity index is 2.48. The lowest BCUT2D eigenvalue weighted by Gasteiger charge is -2.14. The second-order valence-electron chi connectivity index (χ2n) is 4.32. The topological polar surface area (TPSA) is 35.8 Å². The molecule has 19 heavy (non-hydrogen) atoms. The highest BCUT2D eigenvalue weighted by Gasteiger charge is 2.09. The minimum absolute atomic E-state index is 0.298. The molecule has 2 aromatic carbocycles. The molecule has 0 unspecified atom stereocenters. The molecule has 2 rings (SSSR count). The van der Waals surface area contributed by atoms with Gasteiger partial charge in [0.1, 0.15) is 11.9 Å². The third-order valence-corrected chi connectivity index (χ3v) is 3.53. The van der Waals surface area contributed by atoms with Gasteiger partial charge in [0.2, 0.25) is 0 Å². The monoisotopic (exact) mass is 318 g/mol. The highest BCUT2D eigenvalue weighted by Crippen LogP contribution is 2.29. The van der Waals surface area contributed by atoms with Crippen molar-refractivity contribution in [3.63, 3.8) is 0 Å². The summed E-state index contributed by atoms with van der Waals surface area (Å²) in [6.45, 7) is 3.75. The van der Waals surface area contributed by atoms with E-state index < -0.39 is 0 Å². The van der Waals surface area contributed by atoms with Crippen LogP contribution in [-0.2, 0) is 0 Å². The van der Waals surface area contributed by atoms with Crippen LogP contribution >= 0.6 is 15.9 Å². The van der Waals surface area contributed by atoms with E-state index in [1.807, 2.05) is 26.0 Å². The van der Waals surface area contributed by atoms with Crippen molar-refractivity contribution in [3.8, 4) is 6.07 Å². The lowest BCUT2D eigenvalue weighted by Crippen LogP contribution is -1.99. The summed E-state index contributed by atoms with van der Waals surface area (Å²) in [4.78, 5) is 0. The van der Waals surface area contributed by atoms with Crippen LogP contribution in [0.5, 0.6) is 0 Å². The molecule has 0 aliphatic heterocycles. The number of nitrogens with zero attached hydrogens (tertiary/aromatic N) is 1. The van der Waals surface area contributed by atoms with Gasteiger partial charge in [-0.1, -0.05) is 12.1 Å². The molecule has 0 fully saturated rings. The van der Waals surface area contributed by atoms with Gasteiger partial charge in [-0.15, -0.1) is 0 Å². The molecule has 0 aliphatic rings. The normalized spacial score (nSPS) is 10.1. The smallest absolute Gasteiger partial charge is 0.137 e. The number of hydrogen-bond acceptors (Lipinski definition) is 2. The molecule has 2 nitrogen and oxygen atoms in total. The van der Waals surface area contributed by atoms with Crippen LogP contribution in [0.15, 0.2) is 34.8 Å². The molecule has 4 heteroatoms. The first-order valence-corrected chi connectivity index (χ1v) is 6.54. The lowest BCUT2D eigenvalue weighted by molar-refractivity contribution is 0.620. The SMILES string of the molecule is Cc1cc(F)c(Br)cc1Nc1c(C)cccc1C#N. The Bertz CT molecular complexity index is 675. The Labute approximate surface area is 120 Å². The van der Waals surface area contributed by atoms with E-state index in [9.17, 15) is 4.39 Å². The zero-order chi connectivity index (χ0) is 14.0. The maximum atomic E-state index is 13.4. The van der Waals surface area contributed by atoms with Crippen molar-refractivity contribution in [1.29, 1.82) is 5.26 Å². The van der Waals surface area contributed by atoms with Gasteiger partial charge in [-0.25, -0.2) is 4.39 Å². The van der Waals surface area contributed by atoms with Crippen LogP contribution in [0, 0.1) is 31.0 Å². The fourth-order valence-electron chi connectivity index (χ4n) is 1.84. The molecular weight excluding hydrogens is 307 g/mol. The molecular formula is C15H12BrFN2. The summed E-state index contributed by atoms with van der Waals surface area (Å²) in [5, 5.41) is 12.3. The number of anilines is 2. The van der Waals surface area contributed by atoms with E-state index in [2.05, 4.69) is 27.3 Å². The van der Waals surface area contributed by atoms with Crippen LogP contribution in [0.25, 0.3) is 0 Å². The number of rotatable bonds is 2. The number of hydrogen-bond donors (Lipinski definition) is 1. The van der Waals surface area contributed by atoms with Gasteiger partial charge in [-0.3, -0.25) is 0 Å². The van der Waals surface area contributed by atoms with E-state index in [-0.39, 0.29) is 5.82 Å². The van der Waals surface area contributed by atoms with Crippen LogP contribution in [0.4, 0.5) is 15.8 Å². The number of aryl methyl sites for hydroxylation is 2. The van der Waals surface area contributed by atoms with Gasteiger partial charge in [-0.2, -0.15) is 5.26 Å². The number of para-hydroxylation sites is 1. The first-order valence-electron chi connectivity index (χ1n) is 5.75. The maximum Gasteiger partial charge on any atom is 0.137 e. The van der Waals surface area contributed by atoms with Crippen molar-refractivity contribution in [2.24, 2.45) is 0 Å². The van der Waals surface area contributed by atoms with Gasteiger partial charge in [0.05, 0.1) is 15.7 Å². The highest BCUT2D eigenvalue weighted by molar-refractivity contribution is 9.10. The minimum Gasteiger partial charge on any atom is -0.354 e. The first-order chi connectivity index (χ1) is 9.02. The minimum atomic E-state index is -0.298. The van der Waals surface area contributed by atoms with Crippen LogP contribution in [0.1, 0.15) is 16.7 Å². The molecule has 0 aromatic heterocycles. The average Bonchev–Trinajstić information content (AvgIpc) is 2.38. The Kier molecular flexibility index (Phi) is 3.87. The van der Waals surface area contributed by atoms with Crippen molar-refractivity contribution in [3.05, 3.63) is 57.3 Å². The molecule has 0 heterocycles. The molecule has 0 bridgehead atoms. The Morgan fingerprint density at radius 1 is 1.21 bits per heavy atom. The largest absolute Gasteiger partial charge is 0.354 e. The van der Waals surface area contributed by atoms with Crippen molar-refractivity contribution >= 4 is 27.3 Å². The summed E-state index contributed by atoms with van der Waals surface area (Å²) in [5.74, 6) is -0.298. The fourth-order valence-corrected chi connectivity index (χ4v) is 2.19. The second-order valence-corrected chi connectivity index (χ2v) is 5.17. The molecule has 0 radical (unpaired) electrons. The average molecular weight is 319 g/mol. The lowest BCUT2D eigenvalue weighted by atomic mass is 10.1. The van der Waals surface area contributed by atoms with Gasteiger partial charge < -0.3 is 5.32 Å². The maximum absolute atomic E-state index is 13.4. The molecule has 0 spiro atoms. The second kappa shape index (κ2) is 5.41. The summed E-state index contributed by atoms with van der Waals surface area (Å²) < 4.78 is 13.8. The van der Waals surface area contributed by atoms with E-state index in [4.69, 9.17) is 5.26 Å². The summed E-state index contributed by atoms with van der Waals surface area (Å²) in [5.41, 5.74) is 3.86. The van der Waals surface area contributed by atoms with Crippen LogP contribution in [0.3, 0.4) is 0 Å². The number of nitrogens with one attached hydrogen (secondary N) is 1. The van der Waals surface area contributed by atoms with Crippen LogP contribution in [0.2, 0.25) is 0 Å². The van der Waals surface area contributed by atoms with Crippen molar-refractivity contribution < 1.29 is 4.39 Å². The molecule has 96 valence electrons. The van der Waals surface area contributed by atoms with E-state index >= 15 is 0 Å². The van der Waals surface area contributed by atoms with Crippen molar-refractivity contribution in [2.75, 3.05) is 5.32 Å². The Morgan fingerprint density at radius 2 is 1.95 bits per heavy atom. The Hall–Kier alpha value is -1.86. The number of halogens is 2. The van der Waals surface area contributed by atoms with Crippen molar-refractivity contribution in [1.82, 2.24) is 0 Å². The molecule has 2 aromatic rings. The fraction of sp³-hybridized carbons (Fsp3) is 0.133. The summed E-state index contributed by atoms with van der Waals surface area (Å²) in [6.07, 6.45) is 0. The zero-order valence-electron chi connectivity index (χ0n) is 10.6. The molecule has 0 saturated heterocycles. The molecule has 1 N–H and O–H groups in total. The first kappa shape index (κ1) is 13.6. The number of benzene rings is 2. The molecule has 0 atom stereocenters. The van der Waals surface area contributed by atoms with E-state index in [0.29, 0.717) is 10.0 Å².